The molecule has 1 aromatic rings. The molecule has 1 N–H and O–H groups in total. The molecule has 1 aliphatic rings. The van der Waals surface area contributed by atoms with Crippen LogP contribution in [0, 0.1) is 0 Å². The first kappa shape index (κ1) is 12.3. The average molecular weight is 266 g/mol. The summed E-state index contributed by atoms with van der Waals surface area (Å²) in [5.74, 6) is -2.33. The largest absolute Gasteiger partial charge is 0.478 e. The Bertz CT molecular complexity index is 606. The van der Waals surface area contributed by atoms with E-state index in [1.165, 1.54) is 31.2 Å². The van der Waals surface area contributed by atoms with Crippen molar-refractivity contribution >= 4 is 35.1 Å². The van der Waals surface area contributed by atoms with Gasteiger partial charge in [-0.1, -0.05) is 11.6 Å². The zero-order chi connectivity index (χ0) is 13.4. The summed E-state index contributed by atoms with van der Waals surface area (Å²) in [6.45, 7) is 1.50. The number of carboxylic acids is 1. The monoisotopic (exact) mass is 265 g/mol. The predicted molar refractivity (Wildman–Crippen MR) is 64.7 cm³/mol. The highest BCUT2D eigenvalue weighted by molar-refractivity contribution is 6.33. The Morgan fingerprint density at radius 2 is 2.00 bits per heavy atom. The van der Waals surface area contributed by atoms with Crippen molar-refractivity contribution in [3.8, 4) is 0 Å². The smallest absolute Gasteiger partial charge is 0.337 e. The molecule has 1 aromatic carbocycles. The number of benzene rings is 1. The van der Waals surface area contributed by atoms with Crippen molar-refractivity contribution in [3.05, 3.63) is 40.4 Å². The van der Waals surface area contributed by atoms with Crippen LogP contribution in [0.4, 0.5) is 5.69 Å². The molecule has 1 heterocycles. The summed E-state index contributed by atoms with van der Waals surface area (Å²) in [4.78, 5) is 35.4. The molecule has 2 rings (SSSR count). The van der Waals surface area contributed by atoms with Crippen LogP contribution < -0.4 is 4.90 Å². The van der Waals surface area contributed by atoms with Crippen molar-refractivity contribution in [2.45, 2.75) is 6.92 Å². The SMILES string of the molecule is CC1=CC(=O)N(c2ccc(Cl)cc2C(=O)O)C1=O. The molecule has 0 atom stereocenters. The fourth-order valence-corrected chi connectivity index (χ4v) is 1.86. The Kier molecular flexibility index (Phi) is 2.92. The summed E-state index contributed by atoms with van der Waals surface area (Å²) in [5, 5.41) is 9.29. The molecule has 0 unspecified atom stereocenters. The molecule has 5 nitrogen and oxygen atoms in total. The highest BCUT2D eigenvalue weighted by atomic mass is 35.5. The average Bonchev–Trinajstić information content (AvgIpc) is 2.54. The number of carbonyl (C=O) groups excluding carboxylic acids is 2. The van der Waals surface area contributed by atoms with Gasteiger partial charge < -0.3 is 5.11 Å². The van der Waals surface area contributed by atoms with E-state index in [1.54, 1.807) is 0 Å². The maximum Gasteiger partial charge on any atom is 0.337 e. The standard InChI is InChI=1S/C12H8ClNO4/c1-6-4-10(15)14(11(6)16)9-3-2-7(13)5-8(9)12(17)18/h2-5H,1H3,(H,17,18). The van der Waals surface area contributed by atoms with E-state index < -0.39 is 17.8 Å². The van der Waals surface area contributed by atoms with Gasteiger partial charge in [-0.2, -0.15) is 0 Å². The summed E-state index contributed by atoms with van der Waals surface area (Å²) in [7, 11) is 0. The number of carbonyl (C=O) groups is 3. The minimum absolute atomic E-state index is 0.0231. The molecular formula is C12H8ClNO4. The van der Waals surface area contributed by atoms with Gasteiger partial charge in [0.15, 0.2) is 0 Å². The molecule has 0 saturated carbocycles. The Hall–Kier alpha value is -2.14. The Morgan fingerprint density at radius 1 is 1.33 bits per heavy atom. The topological polar surface area (TPSA) is 74.7 Å². The second-order valence-corrected chi connectivity index (χ2v) is 4.21. The lowest BCUT2D eigenvalue weighted by atomic mass is 10.1. The van der Waals surface area contributed by atoms with E-state index in [4.69, 9.17) is 16.7 Å². The van der Waals surface area contributed by atoms with E-state index in [0.29, 0.717) is 0 Å². The van der Waals surface area contributed by atoms with Crippen LogP contribution in [0.25, 0.3) is 0 Å². The first-order valence-corrected chi connectivity index (χ1v) is 5.39. The van der Waals surface area contributed by atoms with Crippen LogP contribution in [0.1, 0.15) is 17.3 Å². The number of carboxylic acid groups (broad SMARTS) is 1. The third-order valence-corrected chi connectivity index (χ3v) is 2.77. The second-order valence-electron chi connectivity index (χ2n) is 3.77. The fraction of sp³-hybridized carbons (Fsp3) is 0.0833. The van der Waals surface area contributed by atoms with Gasteiger partial charge in [0.1, 0.15) is 0 Å². The zero-order valence-corrected chi connectivity index (χ0v) is 10.1. The van der Waals surface area contributed by atoms with E-state index >= 15 is 0 Å². The maximum atomic E-state index is 11.8. The number of rotatable bonds is 2. The van der Waals surface area contributed by atoms with Gasteiger partial charge >= 0.3 is 5.97 Å². The number of nitrogens with zero attached hydrogens (tertiary/aromatic N) is 1. The minimum Gasteiger partial charge on any atom is -0.478 e. The molecule has 0 radical (unpaired) electrons. The third kappa shape index (κ3) is 1.89. The molecule has 6 heteroatoms. The molecule has 0 bridgehead atoms. The molecule has 0 saturated heterocycles. The Labute approximate surface area is 107 Å². The highest BCUT2D eigenvalue weighted by Crippen LogP contribution is 2.28. The van der Waals surface area contributed by atoms with E-state index in [2.05, 4.69) is 0 Å². The minimum atomic E-state index is -1.25. The molecule has 0 aliphatic carbocycles. The van der Waals surface area contributed by atoms with E-state index in [-0.39, 0.29) is 21.8 Å². The van der Waals surface area contributed by atoms with E-state index in [9.17, 15) is 14.4 Å². The van der Waals surface area contributed by atoms with E-state index in [1.807, 2.05) is 0 Å². The van der Waals surface area contributed by atoms with Crippen LogP contribution in [0.3, 0.4) is 0 Å². The Morgan fingerprint density at radius 3 is 2.50 bits per heavy atom. The molecule has 2 amide bonds. The fourth-order valence-electron chi connectivity index (χ4n) is 1.69. The van der Waals surface area contributed by atoms with Crippen LogP contribution in [0.5, 0.6) is 0 Å². The predicted octanol–water partition coefficient (Wildman–Crippen LogP) is 1.86. The molecule has 0 aromatic heterocycles. The molecule has 1 aliphatic heterocycles. The van der Waals surface area contributed by atoms with Crippen molar-refractivity contribution in [2.75, 3.05) is 4.90 Å². The van der Waals surface area contributed by atoms with Gasteiger partial charge in [0.05, 0.1) is 11.3 Å². The van der Waals surface area contributed by atoms with E-state index in [0.717, 1.165) is 4.90 Å². The van der Waals surface area contributed by atoms with Gasteiger partial charge in [-0.3, -0.25) is 9.59 Å². The molecule has 92 valence electrons. The van der Waals surface area contributed by atoms with Crippen LogP contribution in [0.2, 0.25) is 5.02 Å². The summed E-state index contributed by atoms with van der Waals surface area (Å²) in [6.07, 6.45) is 1.17. The number of amides is 2. The van der Waals surface area contributed by atoms with Gasteiger partial charge in [0.2, 0.25) is 0 Å². The number of aromatic carboxylic acids is 1. The van der Waals surface area contributed by atoms with Gasteiger partial charge in [0, 0.05) is 16.7 Å². The van der Waals surface area contributed by atoms with Crippen LogP contribution in [-0.4, -0.2) is 22.9 Å². The number of hydrogen-bond donors (Lipinski definition) is 1. The number of anilines is 1. The van der Waals surface area contributed by atoms with Crippen molar-refractivity contribution < 1.29 is 19.5 Å². The van der Waals surface area contributed by atoms with Gasteiger partial charge in [-0.25, -0.2) is 9.69 Å². The lowest BCUT2D eigenvalue weighted by molar-refractivity contribution is -0.120. The van der Waals surface area contributed by atoms with Gasteiger partial charge in [-0.15, -0.1) is 0 Å². The number of imide groups is 1. The quantitative estimate of drug-likeness (QED) is 0.828. The van der Waals surface area contributed by atoms with Crippen LogP contribution in [-0.2, 0) is 9.59 Å². The first-order chi connectivity index (χ1) is 8.41. The highest BCUT2D eigenvalue weighted by Gasteiger charge is 2.32. The van der Waals surface area contributed by atoms with Crippen molar-refractivity contribution in [1.82, 2.24) is 0 Å². The number of halogens is 1. The zero-order valence-electron chi connectivity index (χ0n) is 9.31. The third-order valence-electron chi connectivity index (χ3n) is 2.53. The lowest BCUT2D eigenvalue weighted by Crippen LogP contribution is -2.32. The molecule has 18 heavy (non-hydrogen) atoms. The summed E-state index contributed by atoms with van der Waals surface area (Å²) < 4.78 is 0. The summed E-state index contributed by atoms with van der Waals surface area (Å²) in [6, 6.07) is 3.97. The number of hydrogen-bond acceptors (Lipinski definition) is 3. The van der Waals surface area contributed by atoms with Gasteiger partial charge in [-0.05, 0) is 25.1 Å². The van der Waals surface area contributed by atoms with Crippen molar-refractivity contribution in [2.24, 2.45) is 0 Å². The van der Waals surface area contributed by atoms with Crippen LogP contribution in [0.15, 0.2) is 29.8 Å². The normalized spacial score (nSPS) is 15.0. The molecular weight excluding hydrogens is 258 g/mol. The lowest BCUT2D eigenvalue weighted by Gasteiger charge is -2.16. The second kappa shape index (κ2) is 4.27. The van der Waals surface area contributed by atoms with Gasteiger partial charge in [0.25, 0.3) is 11.8 Å². The first-order valence-electron chi connectivity index (χ1n) is 5.01. The van der Waals surface area contributed by atoms with Crippen molar-refractivity contribution in [1.29, 1.82) is 0 Å². The maximum absolute atomic E-state index is 11.8. The Balaban J connectivity index is 2.56. The molecule has 0 fully saturated rings. The molecule has 0 spiro atoms. The summed E-state index contributed by atoms with van der Waals surface area (Å²) >= 11 is 5.70. The van der Waals surface area contributed by atoms with Crippen LogP contribution >= 0.6 is 11.6 Å². The van der Waals surface area contributed by atoms with Crippen molar-refractivity contribution in [3.63, 3.8) is 0 Å². The summed E-state index contributed by atoms with van der Waals surface area (Å²) in [5.41, 5.74) is 0.105.